The van der Waals surface area contributed by atoms with Gasteiger partial charge in [-0.05, 0) is 30.7 Å². The van der Waals surface area contributed by atoms with Crippen LogP contribution in [-0.4, -0.2) is 24.3 Å². The third-order valence-electron chi connectivity index (χ3n) is 5.00. The number of hydrogen-bond acceptors (Lipinski definition) is 3. The van der Waals surface area contributed by atoms with Gasteiger partial charge in [0, 0.05) is 31.1 Å². The molecule has 1 aromatic heterocycles. The SMILES string of the molecule is Cn1c2c(c3cccc(CCON)c31)C1CCN2CC1. The van der Waals surface area contributed by atoms with Gasteiger partial charge in [0.15, 0.2) is 0 Å². The molecular formula is C16H21N3O. The molecule has 2 N–H and O–H groups in total. The van der Waals surface area contributed by atoms with Gasteiger partial charge < -0.3 is 14.3 Å². The second kappa shape index (κ2) is 4.50. The van der Waals surface area contributed by atoms with Crippen molar-refractivity contribution in [2.24, 2.45) is 12.9 Å². The van der Waals surface area contributed by atoms with Crippen LogP contribution in [0.25, 0.3) is 10.9 Å². The number of para-hydroxylation sites is 1. The molecule has 1 fully saturated rings. The Kier molecular flexibility index (Phi) is 2.75. The largest absolute Gasteiger partial charge is 0.358 e. The van der Waals surface area contributed by atoms with Crippen molar-refractivity contribution in [2.75, 3.05) is 24.6 Å². The molecule has 1 aromatic carbocycles. The zero-order valence-corrected chi connectivity index (χ0v) is 11.9. The number of aryl methyl sites for hydroxylation is 1. The van der Waals surface area contributed by atoms with Crippen LogP contribution in [0, 0.1) is 0 Å². The van der Waals surface area contributed by atoms with Crippen molar-refractivity contribution in [1.82, 2.24) is 4.57 Å². The highest BCUT2D eigenvalue weighted by atomic mass is 16.6. The van der Waals surface area contributed by atoms with Crippen molar-refractivity contribution in [3.05, 3.63) is 29.3 Å². The Hall–Kier alpha value is -1.52. The first-order chi connectivity index (χ1) is 9.81. The first-order valence-electron chi connectivity index (χ1n) is 7.48. The zero-order valence-electron chi connectivity index (χ0n) is 11.9. The van der Waals surface area contributed by atoms with Gasteiger partial charge >= 0.3 is 0 Å². The van der Waals surface area contributed by atoms with Crippen LogP contribution >= 0.6 is 0 Å². The summed E-state index contributed by atoms with van der Waals surface area (Å²) in [7, 11) is 2.20. The number of fused-ring (bicyclic) bond motifs is 3. The molecule has 0 unspecified atom stereocenters. The predicted octanol–water partition coefficient (Wildman–Crippen LogP) is 2.31. The molecule has 2 bridgehead atoms. The molecule has 5 rings (SSSR count). The maximum absolute atomic E-state index is 5.20. The van der Waals surface area contributed by atoms with E-state index in [1.807, 2.05) is 0 Å². The number of rotatable bonds is 3. The van der Waals surface area contributed by atoms with Crippen molar-refractivity contribution >= 4 is 16.7 Å². The molecule has 4 nitrogen and oxygen atoms in total. The second-order valence-electron chi connectivity index (χ2n) is 5.99. The van der Waals surface area contributed by atoms with Crippen molar-refractivity contribution in [2.45, 2.75) is 25.2 Å². The van der Waals surface area contributed by atoms with E-state index in [4.69, 9.17) is 10.7 Å². The minimum atomic E-state index is 0.572. The molecule has 4 heteroatoms. The molecule has 0 aliphatic carbocycles. The highest BCUT2D eigenvalue weighted by molar-refractivity contribution is 5.93. The van der Waals surface area contributed by atoms with Gasteiger partial charge in [-0.15, -0.1) is 0 Å². The van der Waals surface area contributed by atoms with Crippen LogP contribution in [0.1, 0.15) is 29.9 Å². The van der Waals surface area contributed by atoms with Crippen LogP contribution < -0.4 is 10.8 Å². The molecule has 0 amide bonds. The summed E-state index contributed by atoms with van der Waals surface area (Å²) in [5, 5.41) is 1.44. The van der Waals surface area contributed by atoms with Crippen molar-refractivity contribution in [3.63, 3.8) is 0 Å². The third-order valence-corrected chi connectivity index (χ3v) is 5.00. The molecule has 0 atom stereocenters. The summed E-state index contributed by atoms with van der Waals surface area (Å²) in [5.41, 5.74) is 4.29. The van der Waals surface area contributed by atoms with E-state index in [1.165, 1.54) is 48.2 Å². The molecular weight excluding hydrogens is 250 g/mol. The highest BCUT2D eigenvalue weighted by Crippen LogP contribution is 2.47. The van der Waals surface area contributed by atoms with Gasteiger partial charge in [-0.2, -0.15) is 0 Å². The lowest BCUT2D eigenvalue weighted by atomic mass is 9.84. The summed E-state index contributed by atoms with van der Waals surface area (Å²) >= 11 is 0. The minimum absolute atomic E-state index is 0.572. The number of aromatic nitrogens is 1. The molecule has 0 radical (unpaired) electrons. The number of nitrogens with two attached hydrogens (primary N) is 1. The van der Waals surface area contributed by atoms with Crippen LogP contribution in [0.2, 0.25) is 0 Å². The molecule has 1 saturated heterocycles. The molecule has 0 saturated carbocycles. The Balaban J connectivity index is 1.96. The van der Waals surface area contributed by atoms with Crippen LogP contribution in [0.3, 0.4) is 0 Å². The van der Waals surface area contributed by atoms with E-state index in [0.717, 1.165) is 12.3 Å². The van der Waals surface area contributed by atoms with E-state index in [1.54, 1.807) is 5.56 Å². The van der Waals surface area contributed by atoms with E-state index in [2.05, 4.69) is 34.7 Å². The fraction of sp³-hybridized carbons (Fsp3) is 0.500. The van der Waals surface area contributed by atoms with Gasteiger partial charge in [0.1, 0.15) is 5.82 Å². The number of piperidine rings is 1. The Morgan fingerprint density at radius 2 is 2.10 bits per heavy atom. The maximum Gasteiger partial charge on any atom is 0.112 e. The van der Waals surface area contributed by atoms with Gasteiger partial charge in [-0.25, -0.2) is 5.90 Å². The standard InChI is InChI=1S/C16H21N3O/c1-18-15-12(7-10-20-17)3-2-4-13(15)14-11-5-8-19(9-6-11)16(14)18/h2-4,11H,5-10,17H2,1H3. The topological polar surface area (TPSA) is 43.4 Å². The minimum Gasteiger partial charge on any atom is -0.358 e. The predicted molar refractivity (Wildman–Crippen MR) is 81.0 cm³/mol. The normalized spacial score (nSPS) is 18.0. The summed E-state index contributed by atoms with van der Waals surface area (Å²) in [4.78, 5) is 7.33. The summed E-state index contributed by atoms with van der Waals surface area (Å²) in [6.45, 7) is 2.99. The van der Waals surface area contributed by atoms with Gasteiger partial charge in [-0.1, -0.05) is 18.2 Å². The fourth-order valence-corrected chi connectivity index (χ4v) is 4.15. The molecule has 3 aliphatic rings. The van der Waals surface area contributed by atoms with Crippen molar-refractivity contribution in [3.8, 4) is 0 Å². The molecule has 0 spiro atoms. The maximum atomic E-state index is 5.20. The summed E-state index contributed by atoms with van der Waals surface area (Å²) in [6.07, 6.45) is 3.49. The first kappa shape index (κ1) is 12.2. The third kappa shape index (κ3) is 1.55. The Morgan fingerprint density at radius 1 is 1.30 bits per heavy atom. The van der Waals surface area contributed by atoms with Crippen LogP contribution in [-0.2, 0) is 18.3 Å². The first-order valence-corrected chi connectivity index (χ1v) is 7.48. The van der Waals surface area contributed by atoms with Gasteiger partial charge in [0.05, 0.1) is 12.1 Å². The van der Waals surface area contributed by atoms with E-state index in [0.29, 0.717) is 6.61 Å². The summed E-state index contributed by atoms with van der Waals surface area (Å²) in [5.74, 6) is 7.39. The van der Waals surface area contributed by atoms with Crippen molar-refractivity contribution in [1.29, 1.82) is 0 Å². The van der Waals surface area contributed by atoms with Crippen LogP contribution in [0.4, 0.5) is 5.82 Å². The molecule has 20 heavy (non-hydrogen) atoms. The summed E-state index contributed by atoms with van der Waals surface area (Å²) < 4.78 is 2.39. The average Bonchev–Trinajstić information content (AvgIpc) is 2.83. The number of benzene rings is 1. The van der Waals surface area contributed by atoms with E-state index < -0.39 is 0 Å². The Labute approximate surface area is 119 Å². The molecule has 3 aliphatic heterocycles. The van der Waals surface area contributed by atoms with Crippen LogP contribution in [0.15, 0.2) is 18.2 Å². The Bertz CT molecular complexity index is 653. The molecule has 106 valence electrons. The second-order valence-corrected chi connectivity index (χ2v) is 5.99. The van der Waals surface area contributed by atoms with E-state index >= 15 is 0 Å². The number of nitrogens with zero attached hydrogens (tertiary/aromatic N) is 2. The lowest BCUT2D eigenvalue weighted by Crippen LogP contribution is -2.39. The number of hydrogen-bond donors (Lipinski definition) is 1. The quantitative estimate of drug-likeness (QED) is 0.871. The lowest BCUT2D eigenvalue weighted by molar-refractivity contribution is 0.141. The lowest BCUT2D eigenvalue weighted by Gasteiger charge is -2.41. The number of anilines is 1. The molecule has 4 heterocycles. The Morgan fingerprint density at radius 3 is 2.85 bits per heavy atom. The van der Waals surface area contributed by atoms with E-state index in [9.17, 15) is 0 Å². The van der Waals surface area contributed by atoms with Gasteiger partial charge in [0.25, 0.3) is 0 Å². The van der Waals surface area contributed by atoms with E-state index in [-0.39, 0.29) is 0 Å². The highest BCUT2D eigenvalue weighted by Gasteiger charge is 2.35. The van der Waals surface area contributed by atoms with Crippen molar-refractivity contribution < 1.29 is 4.84 Å². The van der Waals surface area contributed by atoms with Crippen LogP contribution in [0.5, 0.6) is 0 Å². The monoisotopic (exact) mass is 271 g/mol. The van der Waals surface area contributed by atoms with Gasteiger partial charge in [-0.3, -0.25) is 0 Å². The zero-order chi connectivity index (χ0) is 13.7. The average molecular weight is 271 g/mol. The summed E-state index contributed by atoms with van der Waals surface area (Å²) in [6, 6.07) is 6.65. The molecule has 2 aromatic rings. The van der Waals surface area contributed by atoms with Gasteiger partial charge in [0.2, 0.25) is 0 Å². The fourth-order valence-electron chi connectivity index (χ4n) is 4.15. The smallest absolute Gasteiger partial charge is 0.112 e.